The summed E-state index contributed by atoms with van der Waals surface area (Å²) in [6.07, 6.45) is 2.28. The van der Waals surface area contributed by atoms with E-state index in [0.717, 1.165) is 35.5 Å². The highest BCUT2D eigenvalue weighted by Crippen LogP contribution is 2.45. The monoisotopic (exact) mass is 453 g/mol. The predicted molar refractivity (Wildman–Crippen MR) is 131 cm³/mol. The molecule has 4 N–H and O–H groups in total. The number of nitrogens with zero attached hydrogens (tertiary/aromatic N) is 2. The van der Waals surface area contributed by atoms with Crippen molar-refractivity contribution in [3.63, 3.8) is 0 Å². The SMILES string of the molecule is CC[C@@H]1Cc2cc(C(C=NC)=CN)c(C(F)F)cc2N(c2cccc3c2NCCC(=O)N3)C1. The molecule has 4 rings (SSSR count). The maximum atomic E-state index is 14.2. The van der Waals surface area contributed by atoms with Crippen molar-refractivity contribution in [3.05, 3.63) is 53.2 Å². The van der Waals surface area contributed by atoms with Crippen LogP contribution in [0.1, 0.15) is 42.9 Å². The second kappa shape index (κ2) is 9.60. The van der Waals surface area contributed by atoms with Crippen LogP contribution in [0.3, 0.4) is 0 Å². The van der Waals surface area contributed by atoms with Gasteiger partial charge in [0.15, 0.2) is 0 Å². The lowest BCUT2D eigenvalue weighted by Gasteiger charge is -2.38. The third kappa shape index (κ3) is 4.42. The van der Waals surface area contributed by atoms with E-state index in [1.165, 1.54) is 12.4 Å². The third-order valence-corrected chi connectivity index (χ3v) is 6.32. The second-order valence-electron chi connectivity index (χ2n) is 8.39. The smallest absolute Gasteiger partial charge is 0.264 e. The van der Waals surface area contributed by atoms with Crippen LogP contribution in [0.4, 0.5) is 31.5 Å². The molecule has 0 aliphatic carbocycles. The fourth-order valence-electron chi connectivity index (χ4n) is 4.64. The lowest BCUT2D eigenvalue weighted by atomic mass is 9.86. The largest absolute Gasteiger partial charge is 0.404 e. The van der Waals surface area contributed by atoms with Crippen molar-refractivity contribution in [1.82, 2.24) is 0 Å². The summed E-state index contributed by atoms with van der Waals surface area (Å²) in [4.78, 5) is 18.1. The van der Waals surface area contributed by atoms with Crippen molar-refractivity contribution < 1.29 is 13.6 Å². The zero-order chi connectivity index (χ0) is 23.5. The van der Waals surface area contributed by atoms with E-state index in [1.807, 2.05) is 24.3 Å². The number of anilines is 4. The van der Waals surface area contributed by atoms with E-state index >= 15 is 0 Å². The summed E-state index contributed by atoms with van der Waals surface area (Å²) < 4.78 is 28.4. The Morgan fingerprint density at radius 1 is 1.33 bits per heavy atom. The first-order valence-electron chi connectivity index (χ1n) is 11.2. The van der Waals surface area contributed by atoms with Gasteiger partial charge in [-0.25, -0.2) is 8.78 Å². The number of para-hydroxylation sites is 1. The number of amides is 1. The van der Waals surface area contributed by atoms with Crippen LogP contribution < -0.4 is 21.3 Å². The van der Waals surface area contributed by atoms with Crippen LogP contribution in [-0.4, -0.2) is 32.3 Å². The maximum absolute atomic E-state index is 14.2. The Labute approximate surface area is 192 Å². The molecule has 2 aromatic rings. The number of allylic oxidation sites excluding steroid dienone is 1. The molecule has 0 aromatic heterocycles. The van der Waals surface area contributed by atoms with E-state index in [1.54, 1.807) is 13.1 Å². The molecular formula is C25H29F2N5O. The number of aliphatic imine (C=N–C) groups is 1. The Kier molecular flexibility index (Phi) is 6.62. The van der Waals surface area contributed by atoms with E-state index in [-0.39, 0.29) is 11.5 Å². The molecule has 33 heavy (non-hydrogen) atoms. The van der Waals surface area contributed by atoms with Crippen molar-refractivity contribution in [1.29, 1.82) is 0 Å². The van der Waals surface area contributed by atoms with Gasteiger partial charge in [0.1, 0.15) is 0 Å². The normalized spacial score (nSPS) is 18.6. The quantitative estimate of drug-likeness (QED) is 0.550. The first kappa shape index (κ1) is 22.8. The second-order valence-corrected chi connectivity index (χ2v) is 8.39. The summed E-state index contributed by atoms with van der Waals surface area (Å²) in [5, 5.41) is 6.30. The lowest BCUT2D eigenvalue weighted by Crippen LogP contribution is -2.32. The van der Waals surface area contributed by atoms with Crippen LogP contribution in [0, 0.1) is 5.92 Å². The first-order valence-corrected chi connectivity index (χ1v) is 11.2. The van der Waals surface area contributed by atoms with E-state index < -0.39 is 6.43 Å². The first-order chi connectivity index (χ1) is 16.0. The molecule has 0 saturated carbocycles. The van der Waals surface area contributed by atoms with Crippen LogP contribution >= 0.6 is 0 Å². The molecule has 0 saturated heterocycles. The van der Waals surface area contributed by atoms with Gasteiger partial charge in [0, 0.05) is 55.8 Å². The average Bonchev–Trinajstić information content (AvgIpc) is 3.01. The van der Waals surface area contributed by atoms with Gasteiger partial charge in [0.2, 0.25) is 5.91 Å². The summed E-state index contributed by atoms with van der Waals surface area (Å²) in [6, 6.07) is 9.13. The summed E-state index contributed by atoms with van der Waals surface area (Å²) in [5.41, 5.74) is 10.7. The molecule has 2 heterocycles. The molecule has 1 atom stereocenters. The standard InChI is InChI=1S/C25H29F2N5O/c1-3-15-9-16-10-18(17(12-28)13-29-2)19(25(26)27)11-22(16)32(14-15)21-6-4-5-20-24(21)30-8-7-23(33)31-20/h4-6,10-13,15,25,30H,3,7-9,14,28H2,1-2H3,(H,31,33)/t15-/m1/s1. The number of benzene rings is 2. The molecule has 6 nitrogen and oxygen atoms in total. The molecule has 0 unspecified atom stereocenters. The molecule has 1 amide bonds. The summed E-state index contributed by atoms with van der Waals surface area (Å²) in [6.45, 7) is 3.35. The molecular weight excluding hydrogens is 424 g/mol. The molecule has 2 aliphatic heterocycles. The van der Waals surface area contributed by atoms with Gasteiger partial charge in [-0.3, -0.25) is 9.79 Å². The molecule has 2 aliphatic rings. The summed E-state index contributed by atoms with van der Waals surface area (Å²) >= 11 is 0. The van der Waals surface area contributed by atoms with Crippen LogP contribution in [0.15, 0.2) is 41.5 Å². The highest BCUT2D eigenvalue weighted by molar-refractivity contribution is 6.10. The zero-order valence-corrected chi connectivity index (χ0v) is 18.9. The average molecular weight is 454 g/mol. The van der Waals surface area contributed by atoms with Gasteiger partial charge in [-0.2, -0.15) is 0 Å². The predicted octanol–water partition coefficient (Wildman–Crippen LogP) is 5.10. The molecule has 0 spiro atoms. The molecule has 2 aromatic carbocycles. The van der Waals surface area contributed by atoms with E-state index in [9.17, 15) is 13.6 Å². The van der Waals surface area contributed by atoms with Gasteiger partial charge in [-0.15, -0.1) is 0 Å². The number of halogens is 2. The van der Waals surface area contributed by atoms with Crippen LogP contribution in [0.25, 0.3) is 5.57 Å². The number of nitrogens with one attached hydrogen (secondary N) is 2. The van der Waals surface area contributed by atoms with Crippen molar-refractivity contribution >= 4 is 40.4 Å². The van der Waals surface area contributed by atoms with Crippen molar-refractivity contribution in [2.75, 3.05) is 35.7 Å². The van der Waals surface area contributed by atoms with Gasteiger partial charge in [0.25, 0.3) is 6.43 Å². The molecule has 0 fully saturated rings. The number of hydrogen-bond acceptors (Lipinski definition) is 5. The van der Waals surface area contributed by atoms with Gasteiger partial charge < -0.3 is 21.3 Å². The number of hydrogen-bond donors (Lipinski definition) is 3. The summed E-state index contributed by atoms with van der Waals surface area (Å²) in [5.74, 6) is 0.302. The van der Waals surface area contributed by atoms with E-state index in [0.29, 0.717) is 42.3 Å². The topological polar surface area (TPSA) is 82.8 Å². The molecule has 0 radical (unpaired) electrons. The van der Waals surface area contributed by atoms with Crippen molar-refractivity contribution in [3.8, 4) is 0 Å². The number of alkyl halides is 2. The number of carbonyl (C=O) groups excluding carboxylic acids is 1. The fourth-order valence-corrected chi connectivity index (χ4v) is 4.64. The van der Waals surface area contributed by atoms with Crippen molar-refractivity contribution in [2.45, 2.75) is 32.6 Å². The van der Waals surface area contributed by atoms with Crippen LogP contribution in [0.2, 0.25) is 0 Å². The third-order valence-electron chi connectivity index (χ3n) is 6.32. The number of carbonyl (C=O) groups is 1. The fraction of sp³-hybridized carbons (Fsp3) is 0.360. The number of nitrogens with two attached hydrogens (primary N) is 1. The minimum Gasteiger partial charge on any atom is -0.404 e. The number of fused-ring (bicyclic) bond motifs is 2. The Morgan fingerprint density at radius 2 is 2.15 bits per heavy atom. The molecule has 8 heteroatoms. The van der Waals surface area contributed by atoms with Gasteiger partial charge in [-0.05, 0) is 47.7 Å². The maximum Gasteiger partial charge on any atom is 0.264 e. The molecule has 174 valence electrons. The Bertz CT molecular complexity index is 1110. The lowest BCUT2D eigenvalue weighted by molar-refractivity contribution is -0.115. The molecule has 0 bridgehead atoms. The number of rotatable bonds is 5. The summed E-state index contributed by atoms with van der Waals surface area (Å²) in [7, 11) is 1.59. The van der Waals surface area contributed by atoms with Crippen molar-refractivity contribution in [2.24, 2.45) is 16.6 Å². The highest BCUT2D eigenvalue weighted by atomic mass is 19.3. The Hall–Kier alpha value is -3.42. The highest BCUT2D eigenvalue weighted by Gasteiger charge is 2.30. The van der Waals surface area contributed by atoms with Crippen LogP contribution in [0.5, 0.6) is 0 Å². The zero-order valence-electron chi connectivity index (χ0n) is 18.9. The van der Waals surface area contributed by atoms with Gasteiger partial charge >= 0.3 is 0 Å². The van der Waals surface area contributed by atoms with E-state index in [4.69, 9.17) is 5.73 Å². The Balaban J connectivity index is 1.90. The van der Waals surface area contributed by atoms with Crippen LogP contribution in [-0.2, 0) is 11.2 Å². The minimum atomic E-state index is -2.67. The minimum absolute atomic E-state index is 0.0489. The van der Waals surface area contributed by atoms with E-state index in [2.05, 4.69) is 27.4 Å². The Morgan fingerprint density at radius 3 is 2.85 bits per heavy atom. The van der Waals surface area contributed by atoms with Gasteiger partial charge in [0.05, 0.1) is 17.1 Å². The van der Waals surface area contributed by atoms with Gasteiger partial charge in [-0.1, -0.05) is 19.4 Å².